The molecule has 0 bridgehead atoms. The maximum atomic E-state index is 14.5. The number of carbonyl (C=O) groups is 1. The first-order valence-electron chi connectivity index (χ1n) is 9.26. The summed E-state index contributed by atoms with van der Waals surface area (Å²) >= 11 is 5.90. The lowest BCUT2D eigenvalue weighted by Crippen LogP contribution is -2.21. The highest BCUT2D eigenvalue weighted by atomic mass is 35.5. The van der Waals surface area contributed by atoms with Crippen LogP contribution in [-0.4, -0.2) is 30.6 Å². The molecule has 0 unspecified atom stereocenters. The summed E-state index contributed by atoms with van der Waals surface area (Å²) in [5.41, 5.74) is 3.29. The van der Waals surface area contributed by atoms with Gasteiger partial charge in [0.25, 0.3) is 5.91 Å². The first-order chi connectivity index (χ1) is 16.1. The lowest BCUT2D eigenvalue weighted by molar-refractivity contribution is -0.143. The second-order valence-corrected chi connectivity index (χ2v) is 6.96. The molecule has 0 radical (unpaired) electrons. The van der Waals surface area contributed by atoms with Gasteiger partial charge in [0.05, 0.1) is 11.8 Å². The molecule has 14 heteroatoms. The summed E-state index contributed by atoms with van der Waals surface area (Å²) < 4.78 is 61.5. The number of carbonyl (C=O) groups excluding carboxylic acids is 1. The minimum Gasteiger partial charge on any atom is -0.434 e. The van der Waals surface area contributed by atoms with E-state index in [0.29, 0.717) is 4.68 Å². The van der Waals surface area contributed by atoms with Crippen LogP contribution in [0, 0.1) is 5.82 Å². The molecule has 0 saturated heterocycles. The number of hydrogen-bond acceptors (Lipinski definition) is 7. The molecule has 4 rings (SSSR count). The van der Waals surface area contributed by atoms with Crippen molar-refractivity contribution < 1.29 is 27.1 Å². The molecule has 1 amide bonds. The highest BCUT2D eigenvalue weighted by molar-refractivity contribution is 6.34. The van der Waals surface area contributed by atoms with E-state index >= 15 is 0 Å². The van der Waals surface area contributed by atoms with Crippen molar-refractivity contribution in [3.8, 4) is 17.4 Å². The summed E-state index contributed by atoms with van der Waals surface area (Å²) in [6.07, 6.45) is -1.83. The average molecular weight is 494 g/mol. The molecule has 3 heterocycles. The van der Waals surface area contributed by atoms with E-state index in [2.05, 4.69) is 25.4 Å². The standard InChI is InChI=1S/C20H12ClF4N7O2/c21-15-17(26)28-9-29-19(15)34-13-5-4-10(7-12(13)22)31-18(33)11-8-30-32(16(11)20(23,24)25)14-3-1-2-6-27-14/h1-9H,(H,31,33)(H2,26,28,29). The summed E-state index contributed by atoms with van der Waals surface area (Å²) in [7, 11) is 0. The summed E-state index contributed by atoms with van der Waals surface area (Å²) in [5.74, 6) is -2.85. The van der Waals surface area contributed by atoms with Gasteiger partial charge in [0, 0.05) is 18.0 Å². The number of hydrogen-bond donors (Lipinski definition) is 2. The Morgan fingerprint density at radius 1 is 1.15 bits per heavy atom. The zero-order valence-electron chi connectivity index (χ0n) is 16.7. The van der Waals surface area contributed by atoms with E-state index in [1.807, 2.05) is 0 Å². The van der Waals surface area contributed by atoms with Crippen LogP contribution in [0.15, 0.2) is 55.1 Å². The minimum atomic E-state index is -4.93. The summed E-state index contributed by atoms with van der Waals surface area (Å²) in [6.45, 7) is 0. The fourth-order valence-electron chi connectivity index (χ4n) is 2.84. The van der Waals surface area contributed by atoms with E-state index in [0.717, 1.165) is 24.7 Å². The molecule has 0 aliphatic carbocycles. The van der Waals surface area contributed by atoms with Gasteiger partial charge in [0.15, 0.2) is 23.1 Å². The van der Waals surface area contributed by atoms with Crippen LogP contribution in [0.3, 0.4) is 0 Å². The normalized spacial score (nSPS) is 11.3. The molecule has 1 aromatic carbocycles. The Morgan fingerprint density at radius 3 is 2.62 bits per heavy atom. The second kappa shape index (κ2) is 8.94. The van der Waals surface area contributed by atoms with Crippen LogP contribution in [0.25, 0.3) is 5.82 Å². The third-order valence-corrected chi connectivity index (χ3v) is 4.68. The number of nitrogen functional groups attached to an aromatic ring is 1. The number of halogens is 5. The predicted octanol–water partition coefficient (Wildman–Crippen LogP) is 4.50. The zero-order chi connectivity index (χ0) is 24.5. The number of nitrogens with one attached hydrogen (secondary N) is 1. The molecular formula is C20H12ClF4N7O2. The van der Waals surface area contributed by atoms with Gasteiger partial charge in [0.1, 0.15) is 17.2 Å². The number of alkyl halides is 3. The van der Waals surface area contributed by atoms with Crippen molar-refractivity contribution in [1.29, 1.82) is 0 Å². The van der Waals surface area contributed by atoms with E-state index in [-0.39, 0.29) is 34.0 Å². The van der Waals surface area contributed by atoms with Crippen LogP contribution in [0.1, 0.15) is 16.1 Å². The molecule has 3 N–H and O–H groups in total. The first-order valence-corrected chi connectivity index (χ1v) is 9.64. The fourth-order valence-corrected chi connectivity index (χ4v) is 2.98. The van der Waals surface area contributed by atoms with Gasteiger partial charge in [-0.3, -0.25) is 4.79 Å². The Morgan fingerprint density at radius 2 is 1.94 bits per heavy atom. The van der Waals surface area contributed by atoms with Crippen molar-refractivity contribution in [2.24, 2.45) is 0 Å². The molecule has 0 fully saturated rings. The Bertz CT molecular complexity index is 1360. The Kier molecular flexibility index (Phi) is 6.03. The molecule has 9 nitrogen and oxygen atoms in total. The van der Waals surface area contributed by atoms with Crippen molar-refractivity contribution in [3.63, 3.8) is 0 Å². The largest absolute Gasteiger partial charge is 0.434 e. The van der Waals surface area contributed by atoms with Gasteiger partial charge < -0.3 is 15.8 Å². The summed E-state index contributed by atoms with van der Waals surface area (Å²) in [5, 5.41) is 5.73. The molecular weight excluding hydrogens is 482 g/mol. The van der Waals surface area contributed by atoms with Crippen molar-refractivity contribution in [2.45, 2.75) is 6.18 Å². The van der Waals surface area contributed by atoms with Crippen LogP contribution in [-0.2, 0) is 6.18 Å². The van der Waals surface area contributed by atoms with Gasteiger partial charge in [-0.25, -0.2) is 19.0 Å². The monoisotopic (exact) mass is 493 g/mol. The van der Waals surface area contributed by atoms with Crippen LogP contribution < -0.4 is 15.8 Å². The predicted molar refractivity (Wildman–Crippen MR) is 112 cm³/mol. The molecule has 0 spiro atoms. The van der Waals surface area contributed by atoms with Crippen LogP contribution in [0.5, 0.6) is 11.6 Å². The third kappa shape index (κ3) is 4.59. The Balaban J connectivity index is 1.59. The highest BCUT2D eigenvalue weighted by Crippen LogP contribution is 2.35. The average Bonchev–Trinajstić information content (AvgIpc) is 3.25. The second-order valence-electron chi connectivity index (χ2n) is 6.58. The lowest BCUT2D eigenvalue weighted by atomic mass is 10.2. The molecule has 0 atom stereocenters. The summed E-state index contributed by atoms with van der Waals surface area (Å²) in [6, 6.07) is 7.48. The number of nitrogens with two attached hydrogens (primary N) is 1. The van der Waals surface area contributed by atoms with Gasteiger partial charge >= 0.3 is 6.18 Å². The molecule has 4 aromatic rings. The van der Waals surface area contributed by atoms with Crippen molar-refractivity contribution in [3.05, 3.63) is 77.2 Å². The van der Waals surface area contributed by atoms with Crippen LogP contribution >= 0.6 is 11.6 Å². The third-order valence-electron chi connectivity index (χ3n) is 4.33. The number of nitrogens with zero attached hydrogens (tertiary/aromatic N) is 5. The number of rotatable bonds is 5. The van der Waals surface area contributed by atoms with E-state index < -0.39 is 29.2 Å². The topological polar surface area (TPSA) is 121 Å². The minimum absolute atomic E-state index is 0.0809. The number of aromatic nitrogens is 5. The van der Waals surface area contributed by atoms with Crippen molar-refractivity contribution in [2.75, 3.05) is 11.1 Å². The van der Waals surface area contributed by atoms with Crippen LogP contribution in [0.4, 0.5) is 29.1 Å². The van der Waals surface area contributed by atoms with E-state index in [1.165, 1.54) is 30.5 Å². The van der Waals surface area contributed by atoms with E-state index in [9.17, 15) is 22.4 Å². The maximum absolute atomic E-state index is 14.5. The van der Waals surface area contributed by atoms with Crippen LogP contribution in [0.2, 0.25) is 5.02 Å². The molecule has 34 heavy (non-hydrogen) atoms. The SMILES string of the molecule is Nc1ncnc(Oc2ccc(NC(=O)c3cnn(-c4ccccn4)c3C(F)(F)F)cc2F)c1Cl. The molecule has 0 aliphatic rings. The number of benzene rings is 1. The number of pyridine rings is 1. The van der Waals surface area contributed by atoms with E-state index in [4.69, 9.17) is 22.1 Å². The van der Waals surface area contributed by atoms with Gasteiger partial charge in [-0.05, 0) is 24.3 Å². The number of amides is 1. The molecule has 0 saturated carbocycles. The van der Waals surface area contributed by atoms with Gasteiger partial charge in [0.2, 0.25) is 5.88 Å². The zero-order valence-corrected chi connectivity index (χ0v) is 17.5. The quantitative estimate of drug-likeness (QED) is 0.393. The van der Waals surface area contributed by atoms with E-state index in [1.54, 1.807) is 0 Å². The lowest BCUT2D eigenvalue weighted by Gasteiger charge is -2.13. The Hall–Kier alpha value is -4.26. The van der Waals surface area contributed by atoms with Gasteiger partial charge in [-0.2, -0.15) is 23.3 Å². The Labute approximate surface area is 193 Å². The molecule has 3 aromatic heterocycles. The fraction of sp³-hybridized carbons (Fsp3) is 0.0500. The van der Waals surface area contributed by atoms with Crippen molar-refractivity contribution >= 4 is 29.0 Å². The van der Waals surface area contributed by atoms with Crippen molar-refractivity contribution in [1.82, 2.24) is 24.7 Å². The van der Waals surface area contributed by atoms with Gasteiger partial charge in [-0.1, -0.05) is 17.7 Å². The summed E-state index contributed by atoms with van der Waals surface area (Å²) in [4.78, 5) is 23.8. The maximum Gasteiger partial charge on any atom is 0.434 e. The smallest absolute Gasteiger partial charge is 0.434 e. The van der Waals surface area contributed by atoms with Gasteiger partial charge in [-0.15, -0.1) is 0 Å². The highest BCUT2D eigenvalue weighted by Gasteiger charge is 2.41. The molecule has 0 aliphatic heterocycles. The number of ether oxygens (including phenoxy) is 1. The first kappa shape index (κ1) is 22.9. The number of anilines is 2. The molecule has 174 valence electrons.